The maximum absolute atomic E-state index is 12.5. The van der Waals surface area contributed by atoms with Crippen molar-refractivity contribution in [3.63, 3.8) is 0 Å². The van der Waals surface area contributed by atoms with E-state index in [-0.39, 0.29) is 11.8 Å². The van der Waals surface area contributed by atoms with Crippen LogP contribution in [0.25, 0.3) is 11.3 Å². The summed E-state index contributed by atoms with van der Waals surface area (Å²) < 4.78 is 0. The average Bonchev–Trinajstić information content (AvgIpc) is 3.19. The van der Waals surface area contributed by atoms with Gasteiger partial charge in [0.05, 0.1) is 28.5 Å². The molecule has 0 radical (unpaired) electrons. The van der Waals surface area contributed by atoms with E-state index in [0.29, 0.717) is 27.5 Å². The summed E-state index contributed by atoms with van der Waals surface area (Å²) in [5, 5.41) is 11.0. The molecule has 0 N–H and O–H groups in total. The summed E-state index contributed by atoms with van der Waals surface area (Å²) in [5.74, 6) is -0.701. The van der Waals surface area contributed by atoms with Gasteiger partial charge in [-0.25, -0.2) is 9.88 Å². The molecular formula is C18H9N3O2S. The minimum Gasteiger partial charge on any atom is -0.268 e. The summed E-state index contributed by atoms with van der Waals surface area (Å²) >= 11 is 1.24. The van der Waals surface area contributed by atoms with Gasteiger partial charge in [0.2, 0.25) is 0 Å². The van der Waals surface area contributed by atoms with Crippen molar-refractivity contribution in [3.8, 4) is 17.3 Å². The quantitative estimate of drug-likeness (QED) is 0.674. The highest BCUT2D eigenvalue weighted by atomic mass is 32.1. The number of hydrogen-bond acceptors (Lipinski definition) is 5. The molecule has 0 saturated carbocycles. The number of nitrogens with zero attached hydrogens (tertiary/aromatic N) is 3. The first-order chi connectivity index (χ1) is 11.7. The Balaban J connectivity index is 1.70. The third-order valence-electron chi connectivity index (χ3n) is 3.79. The van der Waals surface area contributed by atoms with Crippen molar-refractivity contribution in [1.82, 2.24) is 4.98 Å². The van der Waals surface area contributed by atoms with Crippen LogP contribution in [-0.4, -0.2) is 16.8 Å². The second kappa shape index (κ2) is 5.41. The Morgan fingerprint density at radius 1 is 0.958 bits per heavy atom. The monoisotopic (exact) mass is 331 g/mol. The van der Waals surface area contributed by atoms with Crippen molar-refractivity contribution >= 4 is 28.3 Å². The van der Waals surface area contributed by atoms with Crippen LogP contribution >= 0.6 is 11.3 Å². The number of imide groups is 1. The zero-order chi connectivity index (χ0) is 16.7. The van der Waals surface area contributed by atoms with Gasteiger partial charge in [0, 0.05) is 10.9 Å². The van der Waals surface area contributed by atoms with E-state index >= 15 is 0 Å². The van der Waals surface area contributed by atoms with Crippen LogP contribution in [0.4, 0.5) is 5.13 Å². The number of thiazole rings is 1. The van der Waals surface area contributed by atoms with Crippen molar-refractivity contribution in [1.29, 1.82) is 5.26 Å². The molecule has 0 atom stereocenters. The number of nitriles is 1. The molecule has 3 aromatic rings. The minimum absolute atomic E-state index is 0.348. The van der Waals surface area contributed by atoms with E-state index in [4.69, 9.17) is 5.26 Å². The summed E-state index contributed by atoms with van der Waals surface area (Å²) in [6, 6.07) is 15.8. The SMILES string of the molecule is N#Cc1ccc(-c2csc(N3C(=O)c4ccccc4C3=O)n2)cc1. The van der Waals surface area contributed by atoms with Gasteiger partial charge in [-0.15, -0.1) is 11.3 Å². The number of rotatable bonds is 2. The molecule has 24 heavy (non-hydrogen) atoms. The first-order valence-corrected chi connectivity index (χ1v) is 8.01. The van der Waals surface area contributed by atoms with Gasteiger partial charge in [-0.05, 0) is 24.3 Å². The van der Waals surface area contributed by atoms with Gasteiger partial charge in [-0.1, -0.05) is 24.3 Å². The molecule has 114 valence electrons. The van der Waals surface area contributed by atoms with E-state index in [1.807, 2.05) is 0 Å². The van der Waals surface area contributed by atoms with Crippen LogP contribution in [0.1, 0.15) is 26.3 Å². The van der Waals surface area contributed by atoms with Gasteiger partial charge in [0.1, 0.15) is 0 Å². The zero-order valence-electron chi connectivity index (χ0n) is 12.3. The van der Waals surface area contributed by atoms with E-state index in [2.05, 4.69) is 11.1 Å². The lowest BCUT2D eigenvalue weighted by Crippen LogP contribution is -2.29. The van der Waals surface area contributed by atoms with Gasteiger partial charge in [0.15, 0.2) is 5.13 Å². The minimum atomic E-state index is -0.351. The predicted molar refractivity (Wildman–Crippen MR) is 89.8 cm³/mol. The number of carbonyl (C=O) groups excluding carboxylic acids is 2. The molecule has 2 heterocycles. The van der Waals surface area contributed by atoms with E-state index in [1.54, 1.807) is 53.9 Å². The van der Waals surface area contributed by atoms with Crippen molar-refractivity contribution in [3.05, 3.63) is 70.6 Å². The molecule has 0 saturated heterocycles. The predicted octanol–water partition coefficient (Wildman–Crippen LogP) is 3.48. The fourth-order valence-corrected chi connectivity index (χ4v) is 3.41. The van der Waals surface area contributed by atoms with Crippen LogP contribution in [-0.2, 0) is 0 Å². The molecule has 0 unspecified atom stereocenters. The Hall–Kier alpha value is -3.30. The number of anilines is 1. The number of benzene rings is 2. The normalized spacial score (nSPS) is 13.0. The number of amides is 2. The van der Waals surface area contributed by atoms with Crippen molar-refractivity contribution < 1.29 is 9.59 Å². The summed E-state index contributed by atoms with van der Waals surface area (Å²) in [7, 11) is 0. The van der Waals surface area contributed by atoms with Gasteiger partial charge < -0.3 is 0 Å². The van der Waals surface area contributed by atoms with E-state index in [1.165, 1.54) is 11.3 Å². The highest BCUT2D eigenvalue weighted by Gasteiger charge is 2.37. The van der Waals surface area contributed by atoms with Gasteiger partial charge >= 0.3 is 0 Å². The third kappa shape index (κ3) is 2.11. The smallest absolute Gasteiger partial charge is 0.268 e. The van der Waals surface area contributed by atoms with Gasteiger partial charge in [-0.3, -0.25) is 9.59 Å². The molecule has 4 rings (SSSR count). The molecule has 5 nitrogen and oxygen atoms in total. The lowest BCUT2D eigenvalue weighted by Gasteiger charge is -2.08. The van der Waals surface area contributed by atoms with Gasteiger partial charge in [-0.2, -0.15) is 5.26 Å². The summed E-state index contributed by atoms with van der Waals surface area (Å²) in [6.07, 6.45) is 0. The van der Waals surface area contributed by atoms with Crippen LogP contribution < -0.4 is 4.90 Å². The average molecular weight is 331 g/mol. The first-order valence-electron chi connectivity index (χ1n) is 7.13. The Bertz CT molecular complexity index is 980. The summed E-state index contributed by atoms with van der Waals surface area (Å²) in [5.41, 5.74) is 2.86. The summed E-state index contributed by atoms with van der Waals surface area (Å²) in [4.78, 5) is 30.5. The molecule has 0 aliphatic carbocycles. The fourth-order valence-electron chi connectivity index (χ4n) is 2.58. The number of hydrogen-bond donors (Lipinski definition) is 0. The highest BCUT2D eigenvalue weighted by Crippen LogP contribution is 2.33. The first kappa shape index (κ1) is 14.3. The van der Waals surface area contributed by atoms with Crippen molar-refractivity contribution in [2.45, 2.75) is 0 Å². The van der Waals surface area contributed by atoms with E-state index in [0.717, 1.165) is 10.5 Å². The summed E-state index contributed by atoms with van der Waals surface area (Å²) in [6.45, 7) is 0. The topological polar surface area (TPSA) is 74.1 Å². The van der Waals surface area contributed by atoms with Crippen LogP contribution in [0, 0.1) is 11.3 Å². The Labute approximate surface area is 141 Å². The molecular weight excluding hydrogens is 322 g/mol. The van der Waals surface area contributed by atoms with Crippen molar-refractivity contribution in [2.75, 3.05) is 4.90 Å². The molecule has 6 heteroatoms. The zero-order valence-corrected chi connectivity index (χ0v) is 13.1. The molecule has 0 bridgehead atoms. The standard InChI is InChI=1S/C18H9N3O2S/c19-9-11-5-7-12(8-6-11)15-10-24-18(20-15)21-16(22)13-3-1-2-4-14(13)17(21)23/h1-8,10H. The third-order valence-corrected chi connectivity index (χ3v) is 4.61. The molecule has 0 fully saturated rings. The van der Waals surface area contributed by atoms with Crippen LogP contribution in [0.3, 0.4) is 0 Å². The van der Waals surface area contributed by atoms with Crippen LogP contribution in [0.15, 0.2) is 53.9 Å². The number of carbonyl (C=O) groups is 2. The highest BCUT2D eigenvalue weighted by molar-refractivity contribution is 7.14. The molecule has 2 amide bonds. The molecule has 1 aromatic heterocycles. The lowest BCUT2D eigenvalue weighted by atomic mass is 10.1. The molecule has 0 spiro atoms. The maximum Gasteiger partial charge on any atom is 0.268 e. The Morgan fingerprint density at radius 3 is 2.17 bits per heavy atom. The van der Waals surface area contributed by atoms with Gasteiger partial charge in [0.25, 0.3) is 11.8 Å². The van der Waals surface area contributed by atoms with Crippen molar-refractivity contribution in [2.24, 2.45) is 0 Å². The Kier molecular flexibility index (Phi) is 3.22. The largest absolute Gasteiger partial charge is 0.268 e. The lowest BCUT2D eigenvalue weighted by molar-refractivity contribution is 0.0926. The van der Waals surface area contributed by atoms with Crippen LogP contribution in [0.5, 0.6) is 0 Å². The Morgan fingerprint density at radius 2 is 1.58 bits per heavy atom. The van der Waals surface area contributed by atoms with Crippen LogP contribution in [0.2, 0.25) is 0 Å². The fraction of sp³-hybridized carbons (Fsp3) is 0. The van der Waals surface area contributed by atoms with E-state index < -0.39 is 0 Å². The van der Waals surface area contributed by atoms with E-state index in [9.17, 15) is 9.59 Å². The number of fused-ring (bicyclic) bond motifs is 1. The molecule has 1 aliphatic heterocycles. The second-order valence-corrected chi connectivity index (χ2v) is 6.03. The maximum atomic E-state index is 12.5. The molecule has 1 aliphatic rings. The second-order valence-electron chi connectivity index (χ2n) is 5.20. The number of aromatic nitrogens is 1. The molecule has 2 aromatic carbocycles.